The Bertz CT molecular complexity index is 992. The van der Waals surface area contributed by atoms with E-state index in [1.165, 1.54) is 11.6 Å². The van der Waals surface area contributed by atoms with Crippen LogP contribution in [0.4, 0.5) is 20.6 Å². The summed E-state index contributed by atoms with van der Waals surface area (Å²) in [6.45, 7) is 4.57. The van der Waals surface area contributed by atoms with E-state index in [-0.39, 0.29) is 23.7 Å². The van der Waals surface area contributed by atoms with Crippen LogP contribution in [0.15, 0.2) is 42.5 Å². The molecular formula is C25H30ClFN4O2. The van der Waals surface area contributed by atoms with Crippen molar-refractivity contribution >= 4 is 34.8 Å². The third kappa shape index (κ3) is 6.03. The fourth-order valence-corrected chi connectivity index (χ4v) is 4.75. The average molecular weight is 473 g/mol. The number of halogens is 2. The van der Waals surface area contributed by atoms with Gasteiger partial charge in [-0.1, -0.05) is 23.7 Å². The molecule has 0 aliphatic carbocycles. The van der Waals surface area contributed by atoms with Crippen molar-refractivity contribution in [1.82, 2.24) is 10.2 Å². The van der Waals surface area contributed by atoms with Gasteiger partial charge in [-0.25, -0.2) is 9.18 Å². The maximum atomic E-state index is 14.8. The molecule has 0 saturated carbocycles. The number of nitrogens with zero attached hydrogens (tertiary/aromatic N) is 2. The molecule has 1 atom stereocenters. The number of hydrogen-bond acceptors (Lipinski definition) is 4. The standard InChI is InChI=1S/C25H30ClFN4O2/c1-17(32)15-28-22-10-13-31(16-22)24-7-6-21(14-23(24)27)29-25(33)30-11-8-19(9-12-30)18-2-4-20(26)5-3-18/h2-7,14,19,22,28H,8-13,15-16H2,1H3,(H,29,33). The number of nitrogens with one attached hydrogen (secondary N) is 2. The highest BCUT2D eigenvalue weighted by atomic mass is 35.5. The predicted octanol–water partition coefficient (Wildman–Crippen LogP) is 4.65. The normalized spacial score (nSPS) is 19.1. The number of benzene rings is 2. The van der Waals surface area contributed by atoms with Crippen molar-refractivity contribution in [3.05, 3.63) is 58.9 Å². The van der Waals surface area contributed by atoms with Crippen LogP contribution < -0.4 is 15.5 Å². The van der Waals surface area contributed by atoms with E-state index in [4.69, 9.17) is 11.6 Å². The molecule has 0 bridgehead atoms. The Kier molecular flexibility index (Phi) is 7.50. The Hall–Kier alpha value is -2.64. The van der Waals surface area contributed by atoms with Crippen molar-refractivity contribution < 1.29 is 14.0 Å². The zero-order valence-electron chi connectivity index (χ0n) is 18.8. The van der Waals surface area contributed by atoms with Crippen molar-refractivity contribution in [1.29, 1.82) is 0 Å². The molecule has 33 heavy (non-hydrogen) atoms. The highest BCUT2D eigenvalue weighted by Crippen LogP contribution is 2.30. The summed E-state index contributed by atoms with van der Waals surface area (Å²) >= 11 is 5.97. The Balaban J connectivity index is 1.29. The number of carbonyl (C=O) groups excluding carboxylic acids is 2. The number of rotatable bonds is 6. The number of hydrogen-bond donors (Lipinski definition) is 2. The first-order chi connectivity index (χ1) is 15.9. The molecule has 8 heteroatoms. The summed E-state index contributed by atoms with van der Waals surface area (Å²) in [6, 6.07) is 12.7. The lowest BCUT2D eigenvalue weighted by Crippen LogP contribution is -2.40. The van der Waals surface area contributed by atoms with Gasteiger partial charge in [0.15, 0.2) is 0 Å². The number of carbonyl (C=O) groups is 2. The molecule has 2 N–H and O–H groups in total. The van der Waals surface area contributed by atoms with Gasteiger partial charge in [0.25, 0.3) is 0 Å². The number of amides is 2. The lowest BCUT2D eigenvalue weighted by Gasteiger charge is -2.32. The van der Waals surface area contributed by atoms with E-state index in [0.717, 1.165) is 30.8 Å². The molecule has 6 nitrogen and oxygen atoms in total. The van der Waals surface area contributed by atoms with Gasteiger partial charge in [0.2, 0.25) is 0 Å². The summed E-state index contributed by atoms with van der Waals surface area (Å²) in [5.74, 6) is 0.146. The van der Waals surface area contributed by atoms with Crippen LogP contribution in [-0.4, -0.2) is 55.5 Å². The van der Waals surface area contributed by atoms with E-state index >= 15 is 0 Å². The molecule has 2 saturated heterocycles. The van der Waals surface area contributed by atoms with Gasteiger partial charge in [-0.05, 0) is 68.0 Å². The Morgan fingerprint density at radius 3 is 2.45 bits per heavy atom. The minimum absolute atomic E-state index is 0.0916. The van der Waals surface area contributed by atoms with Gasteiger partial charge in [0.1, 0.15) is 11.6 Å². The Labute approximate surface area is 199 Å². The van der Waals surface area contributed by atoms with Crippen molar-refractivity contribution in [2.24, 2.45) is 0 Å². The summed E-state index contributed by atoms with van der Waals surface area (Å²) in [5.41, 5.74) is 2.22. The molecule has 2 amide bonds. The molecule has 2 aromatic rings. The molecule has 2 aromatic carbocycles. The number of urea groups is 1. The summed E-state index contributed by atoms with van der Waals surface area (Å²) in [4.78, 5) is 27.6. The second kappa shape index (κ2) is 10.5. The van der Waals surface area contributed by atoms with Gasteiger partial charge in [-0.3, -0.25) is 4.79 Å². The number of ketones is 1. The first-order valence-corrected chi connectivity index (χ1v) is 11.9. The second-order valence-corrected chi connectivity index (χ2v) is 9.36. The first kappa shape index (κ1) is 23.5. The lowest BCUT2D eigenvalue weighted by atomic mass is 9.89. The van der Waals surface area contributed by atoms with Crippen LogP contribution in [0.25, 0.3) is 0 Å². The minimum Gasteiger partial charge on any atom is -0.368 e. The van der Waals surface area contributed by atoms with Gasteiger partial charge in [0, 0.05) is 42.9 Å². The van der Waals surface area contributed by atoms with Crippen molar-refractivity contribution in [3.8, 4) is 0 Å². The van der Waals surface area contributed by atoms with Crippen LogP contribution in [0, 0.1) is 5.82 Å². The number of anilines is 2. The third-order valence-electron chi connectivity index (χ3n) is 6.49. The molecule has 2 aliphatic rings. The molecular weight excluding hydrogens is 443 g/mol. The largest absolute Gasteiger partial charge is 0.368 e. The minimum atomic E-state index is -0.360. The highest BCUT2D eigenvalue weighted by Gasteiger charge is 2.26. The van der Waals surface area contributed by atoms with Crippen LogP contribution in [0.1, 0.15) is 37.7 Å². The molecule has 176 valence electrons. The predicted molar refractivity (Wildman–Crippen MR) is 130 cm³/mol. The van der Waals surface area contributed by atoms with Crippen LogP contribution >= 0.6 is 11.6 Å². The summed E-state index contributed by atoms with van der Waals surface area (Å²) in [7, 11) is 0. The molecule has 2 aliphatic heterocycles. The molecule has 2 fully saturated rings. The van der Waals surface area contributed by atoms with E-state index in [2.05, 4.69) is 22.8 Å². The first-order valence-electron chi connectivity index (χ1n) is 11.5. The van der Waals surface area contributed by atoms with E-state index in [1.54, 1.807) is 24.0 Å². The number of piperidine rings is 1. The molecule has 0 spiro atoms. The zero-order valence-corrected chi connectivity index (χ0v) is 19.6. The fraction of sp³-hybridized carbons (Fsp3) is 0.440. The molecule has 4 rings (SSSR count). The second-order valence-electron chi connectivity index (χ2n) is 8.92. The maximum Gasteiger partial charge on any atom is 0.321 e. The quantitative estimate of drug-likeness (QED) is 0.642. The van der Waals surface area contributed by atoms with Crippen LogP contribution in [0.2, 0.25) is 5.02 Å². The maximum absolute atomic E-state index is 14.8. The van der Waals surface area contributed by atoms with Crippen LogP contribution in [0.5, 0.6) is 0 Å². The molecule has 1 unspecified atom stereocenters. The van der Waals surface area contributed by atoms with E-state index in [0.29, 0.717) is 43.5 Å². The summed E-state index contributed by atoms with van der Waals surface area (Å²) in [6.07, 6.45) is 2.63. The van der Waals surface area contributed by atoms with E-state index < -0.39 is 0 Å². The monoisotopic (exact) mass is 472 g/mol. The van der Waals surface area contributed by atoms with Crippen LogP contribution in [0.3, 0.4) is 0 Å². The van der Waals surface area contributed by atoms with Gasteiger partial charge in [-0.15, -0.1) is 0 Å². The highest BCUT2D eigenvalue weighted by molar-refractivity contribution is 6.30. The number of Topliss-reactive ketones (excluding diaryl/α,β-unsaturated/α-hetero) is 1. The van der Waals surface area contributed by atoms with Crippen LogP contribution in [-0.2, 0) is 4.79 Å². The molecule has 0 aromatic heterocycles. The van der Waals surface area contributed by atoms with E-state index in [9.17, 15) is 14.0 Å². The van der Waals surface area contributed by atoms with Gasteiger partial charge in [0.05, 0.1) is 12.2 Å². The zero-order chi connectivity index (χ0) is 23.4. The topological polar surface area (TPSA) is 64.7 Å². The Morgan fingerprint density at radius 2 is 1.79 bits per heavy atom. The smallest absolute Gasteiger partial charge is 0.321 e. The van der Waals surface area contributed by atoms with Crippen molar-refractivity contribution in [2.45, 2.75) is 38.1 Å². The summed E-state index contributed by atoms with van der Waals surface area (Å²) < 4.78 is 14.8. The fourth-order valence-electron chi connectivity index (χ4n) is 4.63. The van der Waals surface area contributed by atoms with E-state index in [1.807, 2.05) is 17.0 Å². The molecule has 0 radical (unpaired) electrons. The van der Waals surface area contributed by atoms with Crippen molar-refractivity contribution in [3.63, 3.8) is 0 Å². The van der Waals surface area contributed by atoms with Gasteiger partial charge >= 0.3 is 6.03 Å². The molecule has 2 heterocycles. The lowest BCUT2D eigenvalue weighted by molar-refractivity contribution is -0.116. The SMILES string of the molecule is CC(=O)CNC1CCN(c2ccc(NC(=O)N3CCC(c4ccc(Cl)cc4)CC3)cc2F)C1. The summed E-state index contributed by atoms with van der Waals surface area (Å²) in [5, 5.41) is 6.77. The number of likely N-dealkylation sites (tertiary alicyclic amines) is 1. The van der Waals surface area contributed by atoms with Gasteiger partial charge < -0.3 is 20.4 Å². The van der Waals surface area contributed by atoms with Gasteiger partial charge in [-0.2, -0.15) is 0 Å². The van der Waals surface area contributed by atoms with Crippen molar-refractivity contribution in [2.75, 3.05) is 42.9 Å². The third-order valence-corrected chi connectivity index (χ3v) is 6.74. The average Bonchev–Trinajstić information content (AvgIpc) is 3.27. The Morgan fingerprint density at radius 1 is 1.06 bits per heavy atom.